The molecular weight excluding hydrogens is 464 g/mol. The third kappa shape index (κ3) is 10.5. The van der Waals surface area contributed by atoms with Crippen molar-refractivity contribution in [1.82, 2.24) is 16.0 Å². The molecule has 5 amide bonds. The lowest BCUT2D eigenvalue weighted by Crippen LogP contribution is -2.57. The molecule has 0 aliphatic heterocycles. The zero-order valence-corrected chi connectivity index (χ0v) is 19.0. The third-order valence-electron chi connectivity index (χ3n) is 4.75. The molecule has 0 aliphatic carbocycles. The van der Waals surface area contributed by atoms with Gasteiger partial charge in [-0.05, 0) is 31.0 Å². The number of benzene rings is 1. The van der Waals surface area contributed by atoms with Crippen LogP contribution in [-0.2, 0) is 35.2 Å². The molecule has 0 spiro atoms. The van der Waals surface area contributed by atoms with Crippen LogP contribution in [0, 0.1) is 0 Å². The van der Waals surface area contributed by atoms with E-state index in [1.165, 1.54) is 31.2 Å². The lowest BCUT2D eigenvalue weighted by molar-refractivity contribution is -0.143. The molecule has 4 atom stereocenters. The smallest absolute Gasteiger partial charge is 0.326 e. The molecule has 11 N–H and O–H groups in total. The van der Waals surface area contributed by atoms with Crippen molar-refractivity contribution in [3.63, 3.8) is 0 Å². The fraction of sp³-hybridized carbons (Fsp3) is 0.429. The van der Waals surface area contributed by atoms with E-state index in [1.54, 1.807) is 0 Å². The minimum absolute atomic E-state index is 0.0451. The second-order valence-corrected chi connectivity index (χ2v) is 7.86. The zero-order chi connectivity index (χ0) is 26.7. The van der Waals surface area contributed by atoms with Gasteiger partial charge < -0.3 is 43.4 Å². The van der Waals surface area contributed by atoms with Gasteiger partial charge in [-0.15, -0.1) is 0 Å². The predicted octanol–water partition coefficient (Wildman–Crippen LogP) is -3.04. The zero-order valence-electron chi connectivity index (χ0n) is 19.0. The van der Waals surface area contributed by atoms with E-state index in [0.29, 0.717) is 5.56 Å². The molecule has 1 rings (SSSR count). The van der Waals surface area contributed by atoms with E-state index in [2.05, 4.69) is 16.0 Å². The van der Waals surface area contributed by atoms with Crippen LogP contribution in [-0.4, -0.2) is 69.9 Å². The first-order chi connectivity index (χ1) is 16.3. The van der Waals surface area contributed by atoms with Crippen LogP contribution in [0.2, 0.25) is 0 Å². The second kappa shape index (κ2) is 13.5. The summed E-state index contributed by atoms with van der Waals surface area (Å²) in [5.41, 5.74) is 16.2. The highest BCUT2D eigenvalue weighted by Crippen LogP contribution is 2.12. The molecule has 1 aromatic carbocycles. The molecular formula is C21H30N6O8. The molecule has 0 radical (unpaired) electrons. The average Bonchev–Trinajstić information content (AvgIpc) is 2.76. The van der Waals surface area contributed by atoms with Crippen molar-refractivity contribution in [2.75, 3.05) is 0 Å². The molecule has 14 nitrogen and oxygen atoms in total. The summed E-state index contributed by atoms with van der Waals surface area (Å²) < 4.78 is 0. The van der Waals surface area contributed by atoms with Gasteiger partial charge in [-0.1, -0.05) is 12.1 Å². The van der Waals surface area contributed by atoms with Gasteiger partial charge in [0.05, 0.1) is 12.5 Å². The largest absolute Gasteiger partial charge is 0.508 e. The summed E-state index contributed by atoms with van der Waals surface area (Å²) in [5, 5.41) is 25.7. The average molecular weight is 495 g/mol. The fourth-order valence-electron chi connectivity index (χ4n) is 2.88. The third-order valence-corrected chi connectivity index (χ3v) is 4.75. The van der Waals surface area contributed by atoms with Gasteiger partial charge >= 0.3 is 5.97 Å². The second-order valence-electron chi connectivity index (χ2n) is 7.86. The maximum absolute atomic E-state index is 12.9. The van der Waals surface area contributed by atoms with E-state index in [9.17, 15) is 39.0 Å². The van der Waals surface area contributed by atoms with Crippen molar-refractivity contribution in [2.45, 2.75) is 56.8 Å². The van der Waals surface area contributed by atoms with Crippen LogP contribution in [0.4, 0.5) is 0 Å². The highest BCUT2D eigenvalue weighted by Gasteiger charge is 2.31. The van der Waals surface area contributed by atoms with Crippen molar-refractivity contribution < 1.29 is 39.0 Å². The van der Waals surface area contributed by atoms with Crippen LogP contribution in [0.15, 0.2) is 24.3 Å². The Balaban J connectivity index is 3.17. The van der Waals surface area contributed by atoms with Gasteiger partial charge in [-0.2, -0.15) is 0 Å². The Hall–Kier alpha value is -4.20. The van der Waals surface area contributed by atoms with E-state index < -0.39 is 66.1 Å². The highest BCUT2D eigenvalue weighted by molar-refractivity contribution is 5.95. The quantitative estimate of drug-likeness (QED) is 0.130. The van der Waals surface area contributed by atoms with Crippen molar-refractivity contribution in [2.24, 2.45) is 17.2 Å². The summed E-state index contributed by atoms with van der Waals surface area (Å²) in [6, 6.07) is 0.366. The summed E-state index contributed by atoms with van der Waals surface area (Å²) in [6.45, 7) is 1.38. The van der Waals surface area contributed by atoms with E-state index in [1.807, 2.05) is 0 Å². The number of primary amides is 2. The molecule has 0 saturated heterocycles. The minimum Gasteiger partial charge on any atom is -0.508 e. The minimum atomic E-state index is -1.65. The number of phenols is 1. The number of rotatable bonds is 14. The van der Waals surface area contributed by atoms with Crippen molar-refractivity contribution in [3.8, 4) is 5.75 Å². The predicted molar refractivity (Wildman–Crippen MR) is 121 cm³/mol. The number of aliphatic carboxylic acids is 1. The van der Waals surface area contributed by atoms with Crippen molar-refractivity contribution >= 4 is 35.5 Å². The highest BCUT2D eigenvalue weighted by atomic mass is 16.4. The number of amides is 5. The number of hydrogen-bond acceptors (Lipinski definition) is 8. The van der Waals surface area contributed by atoms with E-state index in [4.69, 9.17) is 17.2 Å². The lowest BCUT2D eigenvalue weighted by atomic mass is 10.0. The maximum Gasteiger partial charge on any atom is 0.326 e. The summed E-state index contributed by atoms with van der Waals surface area (Å²) in [5.74, 6) is -5.77. The van der Waals surface area contributed by atoms with Gasteiger partial charge in [0.1, 0.15) is 23.9 Å². The van der Waals surface area contributed by atoms with Crippen LogP contribution >= 0.6 is 0 Å². The molecule has 14 heteroatoms. The number of nitrogens with two attached hydrogens (primary N) is 3. The monoisotopic (exact) mass is 494 g/mol. The van der Waals surface area contributed by atoms with Gasteiger partial charge in [-0.25, -0.2) is 4.79 Å². The topological polar surface area (TPSA) is 257 Å². The van der Waals surface area contributed by atoms with Gasteiger partial charge in [0, 0.05) is 12.8 Å². The van der Waals surface area contributed by atoms with Gasteiger partial charge in [0.25, 0.3) is 0 Å². The molecule has 35 heavy (non-hydrogen) atoms. The Morgan fingerprint density at radius 3 is 1.83 bits per heavy atom. The number of carbonyl (C=O) groups is 6. The van der Waals surface area contributed by atoms with Gasteiger partial charge in [0.2, 0.25) is 29.5 Å². The van der Waals surface area contributed by atoms with Crippen LogP contribution in [0.1, 0.15) is 31.7 Å². The maximum atomic E-state index is 12.9. The van der Waals surface area contributed by atoms with E-state index >= 15 is 0 Å². The van der Waals surface area contributed by atoms with Crippen LogP contribution < -0.4 is 33.2 Å². The molecule has 4 unspecified atom stereocenters. The molecule has 1 aromatic rings. The SMILES string of the molecule is CC(N)C(=O)NC(CCC(N)=O)C(=O)NC(Cc1ccc(O)cc1)C(=O)NC(CC(N)=O)C(=O)O. The number of carboxylic acid groups (broad SMARTS) is 1. The number of aromatic hydroxyl groups is 1. The van der Waals surface area contributed by atoms with Crippen LogP contribution in [0.5, 0.6) is 5.75 Å². The number of carboxylic acids is 1. The Labute approximate surface area is 200 Å². The standard InChI is InChI=1S/C21H30N6O8/c1-10(22)18(31)25-13(6-7-16(23)29)19(32)26-14(8-11-2-4-12(28)5-3-11)20(33)27-15(21(34)35)9-17(24)30/h2-5,10,13-15,28H,6-9,22H2,1H3,(H2,23,29)(H2,24,30)(H,25,31)(H,26,32)(H,27,33)(H,34,35). The summed E-state index contributed by atoms with van der Waals surface area (Å²) in [6.07, 6.45) is -1.28. The molecule has 192 valence electrons. The number of carbonyl (C=O) groups excluding carboxylic acids is 5. The first-order valence-corrected chi connectivity index (χ1v) is 10.5. The molecule has 0 fully saturated rings. The van der Waals surface area contributed by atoms with E-state index in [0.717, 1.165) is 0 Å². The normalized spacial score (nSPS) is 14.0. The number of hydrogen-bond donors (Lipinski definition) is 8. The van der Waals surface area contributed by atoms with Crippen LogP contribution in [0.25, 0.3) is 0 Å². The van der Waals surface area contributed by atoms with Crippen molar-refractivity contribution in [1.29, 1.82) is 0 Å². The fourth-order valence-corrected chi connectivity index (χ4v) is 2.88. The van der Waals surface area contributed by atoms with Crippen LogP contribution in [0.3, 0.4) is 0 Å². The molecule has 0 bridgehead atoms. The summed E-state index contributed by atoms with van der Waals surface area (Å²) in [4.78, 5) is 71.6. The van der Waals surface area contributed by atoms with E-state index in [-0.39, 0.29) is 25.0 Å². The van der Waals surface area contributed by atoms with Crippen molar-refractivity contribution in [3.05, 3.63) is 29.8 Å². The summed E-state index contributed by atoms with van der Waals surface area (Å²) >= 11 is 0. The number of phenolic OH excluding ortho intramolecular Hbond substituents is 1. The first-order valence-electron chi connectivity index (χ1n) is 10.5. The molecule has 0 aliphatic rings. The number of nitrogens with one attached hydrogen (secondary N) is 3. The van der Waals surface area contributed by atoms with Gasteiger partial charge in [-0.3, -0.25) is 24.0 Å². The molecule has 0 heterocycles. The Morgan fingerprint density at radius 2 is 1.34 bits per heavy atom. The Morgan fingerprint density at radius 1 is 0.829 bits per heavy atom. The first kappa shape index (κ1) is 28.8. The molecule has 0 aromatic heterocycles. The lowest BCUT2D eigenvalue weighted by Gasteiger charge is -2.25. The molecule has 0 saturated carbocycles. The Kier molecular flexibility index (Phi) is 11.1. The Bertz CT molecular complexity index is 950. The van der Waals surface area contributed by atoms with Gasteiger partial charge in [0.15, 0.2) is 0 Å². The summed E-state index contributed by atoms with van der Waals surface area (Å²) in [7, 11) is 0.